The van der Waals surface area contributed by atoms with Gasteiger partial charge in [-0.15, -0.1) is 0 Å². The predicted molar refractivity (Wildman–Crippen MR) is 106 cm³/mol. The minimum atomic E-state index is 0.403. The van der Waals surface area contributed by atoms with E-state index in [4.69, 9.17) is 13.9 Å². The Morgan fingerprint density at radius 2 is 1.57 bits per heavy atom. The van der Waals surface area contributed by atoms with Crippen LogP contribution in [0.25, 0.3) is 6.08 Å². The molecule has 148 valence electrons. The Morgan fingerprint density at radius 3 is 2.14 bits per heavy atom. The van der Waals surface area contributed by atoms with E-state index in [1.807, 2.05) is 18.2 Å². The van der Waals surface area contributed by atoms with Gasteiger partial charge in [-0.05, 0) is 24.3 Å². The molecule has 0 unspecified atom stereocenters. The van der Waals surface area contributed by atoms with Crippen molar-refractivity contribution in [1.82, 2.24) is 15.0 Å². The van der Waals surface area contributed by atoms with Crippen molar-refractivity contribution in [2.45, 2.75) is 0 Å². The highest BCUT2D eigenvalue weighted by Crippen LogP contribution is 2.18. The summed E-state index contributed by atoms with van der Waals surface area (Å²) in [5, 5.41) is 4.17. The Bertz CT molecular complexity index is 761. The van der Waals surface area contributed by atoms with Crippen LogP contribution in [0.1, 0.15) is 5.76 Å². The van der Waals surface area contributed by atoms with Gasteiger partial charge in [-0.2, -0.15) is 20.1 Å². The lowest BCUT2D eigenvalue weighted by Crippen LogP contribution is -2.40. The summed E-state index contributed by atoms with van der Waals surface area (Å²) >= 11 is 0. The van der Waals surface area contributed by atoms with Crippen LogP contribution in [0.4, 0.5) is 17.8 Å². The van der Waals surface area contributed by atoms with Gasteiger partial charge in [0.05, 0.1) is 32.7 Å². The lowest BCUT2D eigenvalue weighted by atomic mass is 10.4. The van der Waals surface area contributed by atoms with Crippen LogP contribution < -0.4 is 15.2 Å². The van der Waals surface area contributed by atoms with Crippen molar-refractivity contribution in [2.24, 2.45) is 5.10 Å². The van der Waals surface area contributed by atoms with Crippen LogP contribution in [0.3, 0.4) is 0 Å². The topological polar surface area (TPSA) is 101 Å². The predicted octanol–water partition coefficient (Wildman–Crippen LogP) is 1.25. The molecule has 2 aromatic heterocycles. The number of hydrogen-bond donors (Lipinski definition) is 1. The molecule has 4 heterocycles. The molecule has 0 bridgehead atoms. The number of hydrogen-bond acceptors (Lipinski definition) is 10. The van der Waals surface area contributed by atoms with E-state index >= 15 is 0 Å². The van der Waals surface area contributed by atoms with E-state index in [0.29, 0.717) is 44.3 Å². The van der Waals surface area contributed by atoms with E-state index in [0.717, 1.165) is 31.9 Å². The van der Waals surface area contributed by atoms with Gasteiger partial charge in [-0.3, -0.25) is 0 Å². The first-order valence-electron chi connectivity index (χ1n) is 9.29. The summed E-state index contributed by atoms with van der Waals surface area (Å²) in [6.07, 6.45) is 6.84. The molecule has 0 amide bonds. The Hall–Kier alpha value is -2.98. The summed E-state index contributed by atoms with van der Waals surface area (Å²) in [5.41, 5.74) is 2.89. The maximum absolute atomic E-state index is 5.43. The van der Waals surface area contributed by atoms with Gasteiger partial charge in [-0.25, -0.2) is 5.43 Å². The molecule has 0 aliphatic carbocycles. The number of nitrogens with one attached hydrogen (secondary N) is 1. The van der Waals surface area contributed by atoms with Crippen molar-refractivity contribution in [2.75, 3.05) is 67.8 Å². The largest absolute Gasteiger partial charge is 0.465 e. The second-order valence-electron chi connectivity index (χ2n) is 6.22. The van der Waals surface area contributed by atoms with E-state index in [1.165, 1.54) is 0 Å². The first-order chi connectivity index (χ1) is 13.9. The van der Waals surface area contributed by atoms with E-state index in [9.17, 15) is 0 Å². The third-order valence-electron chi connectivity index (χ3n) is 4.33. The van der Waals surface area contributed by atoms with Crippen LogP contribution in [-0.4, -0.2) is 73.8 Å². The number of furan rings is 1. The van der Waals surface area contributed by atoms with Crippen LogP contribution in [0.15, 0.2) is 34.0 Å². The number of anilines is 3. The molecule has 0 spiro atoms. The Balaban J connectivity index is 1.49. The molecule has 0 saturated carbocycles. The van der Waals surface area contributed by atoms with Gasteiger partial charge < -0.3 is 23.7 Å². The van der Waals surface area contributed by atoms with Crippen LogP contribution >= 0.6 is 0 Å². The summed E-state index contributed by atoms with van der Waals surface area (Å²) in [4.78, 5) is 17.9. The van der Waals surface area contributed by atoms with E-state index in [-0.39, 0.29) is 0 Å². The Labute approximate surface area is 162 Å². The summed E-state index contributed by atoms with van der Waals surface area (Å²) in [6, 6.07) is 3.70. The van der Waals surface area contributed by atoms with Crippen LogP contribution in [0, 0.1) is 0 Å². The van der Waals surface area contributed by atoms with Gasteiger partial charge in [0, 0.05) is 32.4 Å². The zero-order valence-corrected chi connectivity index (χ0v) is 15.5. The first-order valence-corrected chi connectivity index (χ1v) is 9.29. The molecule has 10 heteroatoms. The molecule has 2 aliphatic heterocycles. The number of allylic oxidation sites excluding steroid dienone is 1. The molecular weight excluding hydrogens is 362 g/mol. The third-order valence-corrected chi connectivity index (χ3v) is 4.33. The molecule has 28 heavy (non-hydrogen) atoms. The third kappa shape index (κ3) is 4.84. The second-order valence-corrected chi connectivity index (χ2v) is 6.22. The minimum absolute atomic E-state index is 0.403. The van der Waals surface area contributed by atoms with Gasteiger partial charge in [0.25, 0.3) is 0 Å². The zero-order chi connectivity index (χ0) is 19.0. The monoisotopic (exact) mass is 385 g/mol. The normalized spacial score (nSPS) is 18.3. The first kappa shape index (κ1) is 18.4. The maximum atomic E-state index is 5.43. The lowest BCUT2D eigenvalue weighted by molar-refractivity contribution is 0.121. The van der Waals surface area contributed by atoms with Crippen molar-refractivity contribution in [3.63, 3.8) is 0 Å². The molecular formula is C18H23N7O3. The molecule has 2 saturated heterocycles. The van der Waals surface area contributed by atoms with Gasteiger partial charge in [0.1, 0.15) is 5.76 Å². The highest BCUT2D eigenvalue weighted by atomic mass is 16.5. The van der Waals surface area contributed by atoms with Crippen LogP contribution in [0.5, 0.6) is 0 Å². The molecule has 2 aliphatic rings. The molecule has 4 rings (SSSR count). The standard InChI is InChI=1S/C18H23N7O3/c1(3-15-4-2-10-28-15)5-19-23-16-20-17(24-6-11-26-12-7-24)22-18(21-16)25-8-13-27-14-9-25/h1-5,10H,6-9,11-14H2,(H,20,21,22,23)/b3-1+,19-5-. The molecule has 2 aromatic rings. The Morgan fingerprint density at radius 1 is 0.929 bits per heavy atom. The minimum Gasteiger partial charge on any atom is -0.465 e. The summed E-state index contributed by atoms with van der Waals surface area (Å²) in [6.45, 7) is 5.66. The zero-order valence-electron chi connectivity index (χ0n) is 15.5. The summed E-state index contributed by atoms with van der Waals surface area (Å²) in [7, 11) is 0. The SMILES string of the molecule is C(/C=C/c1ccco1)=N/Nc1nc(N2CCOCC2)nc(N2CCOCC2)n1. The molecule has 1 N–H and O–H groups in total. The van der Waals surface area contributed by atoms with Gasteiger partial charge in [0.2, 0.25) is 17.8 Å². The van der Waals surface area contributed by atoms with Gasteiger partial charge in [0.15, 0.2) is 0 Å². The van der Waals surface area contributed by atoms with Crippen LogP contribution in [0.2, 0.25) is 0 Å². The number of aromatic nitrogens is 3. The fourth-order valence-electron chi connectivity index (χ4n) is 2.88. The number of morpholine rings is 2. The lowest BCUT2D eigenvalue weighted by Gasteiger charge is -2.30. The van der Waals surface area contributed by atoms with Gasteiger partial charge >= 0.3 is 0 Å². The highest BCUT2D eigenvalue weighted by molar-refractivity contribution is 5.77. The molecule has 0 aromatic carbocycles. The fourth-order valence-corrected chi connectivity index (χ4v) is 2.88. The number of rotatable bonds is 6. The average molecular weight is 385 g/mol. The van der Waals surface area contributed by atoms with Crippen molar-refractivity contribution in [3.05, 3.63) is 30.2 Å². The highest BCUT2D eigenvalue weighted by Gasteiger charge is 2.20. The second kappa shape index (κ2) is 9.29. The quantitative estimate of drug-likeness (QED) is 0.581. The molecule has 0 radical (unpaired) electrons. The molecule has 10 nitrogen and oxygen atoms in total. The average Bonchev–Trinajstić information content (AvgIpc) is 3.28. The number of ether oxygens (including phenoxy) is 2. The van der Waals surface area contributed by atoms with E-state index < -0.39 is 0 Å². The number of hydrazone groups is 1. The van der Waals surface area contributed by atoms with Crippen molar-refractivity contribution in [1.29, 1.82) is 0 Å². The number of nitrogens with zero attached hydrogens (tertiary/aromatic N) is 6. The van der Waals surface area contributed by atoms with Crippen LogP contribution in [-0.2, 0) is 9.47 Å². The smallest absolute Gasteiger partial charge is 0.250 e. The molecule has 0 atom stereocenters. The van der Waals surface area contributed by atoms with Crippen molar-refractivity contribution in [3.8, 4) is 0 Å². The van der Waals surface area contributed by atoms with Gasteiger partial charge in [-0.1, -0.05) is 0 Å². The van der Waals surface area contributed by atoms with E-state index in [2.05, 4.69) is 35.3 Å². The van der Waals surface area contributed by atoms with E-state index in [1.54, 1.807) is 18.6 Å². The summed E-state index contributed by atoms with van der Waals surface area (Å²) < 4.78 is 16.1. The fraction of sp³-hybridized carbons (Fsp3) is 0.444. The van der Waals surface area contributed by atoms with Crippen molar-refractivity contribution < 1.29 is 13.9 Å². The Kier molecular flexibility index (Phi) is 6.10. The molecule has 2 fully saturated rings. The summed E-state index contributed by atoms with van der Waals surface area (Å²) in [5.74, 6) is 2.42. The van der Waals surface area contributed by atoms with Crippen molar-refractivity contribution >= 4 is 30.1 Å². The maximum Gasteiger partial charge on any atom is 0.250 e.